The van der Waals surface area contributed by atoms with E-state index >= 15 is 0 Å². The zero-order valence-electron chi connectivity index (χ0n) is 7.00. The highest BCUT2D eigenvalue weighted by molar-refractivity contribution is 6.43. The molecule has 12 heavy (non-hydrogen) atoms. The summed E-state index contributed by atoms with van der Waals surface area (Å²) in [6, 6.07) is 0. The highest BCUT2D eigenvalue weighted by atomic mass is 16.2. The zero-order valence-corrected chi connectivity index (χ0v) is 7.00. The van der Waals surface area contributed by atoms with Crippen molar-refractivity contribution in [1.82, 2.24) is 4.81 Å². The Morgan fingerprint density at radius 1 is 1.17 bits per heavy atom. The molecular formula is C6H6B3NO2. The topological polar surface area (TPSA) is 37.4 Å². The van der Waals surface area contributed by atoms with Crippen molar-refractivity contribution in [3.8, 4) is 0 Å². The molecule has 6 radical (unpaired) electrons. The van der Waals surface area contributed by atoms with E-state index in [2.05, 4.69) is 0 Å². The second-order valence-electron chi connectivity index (χ2n) is 2.24. The van der Waals surface area contributed by atoms with E-state index in [-0.39, 0.29) is 11.1 Å². The normalized spacial score (nSPS) is 11.8. The molecule has 0 fully saturated rings. The molecule has 0 atom stereocenters. The lowest BCUT2D eigenvalue weighted by molar-refractivity contribution is -0.122. The predicted molar refractivity (Wildman–Crippen MR) is 47.5 cm³/mol. The summed E-state index contributed by atoms with van der Waals surface area (Å²) in [7, 11) is 15.7. The predicted octanol–water partition coefficient (Wildman–Crippen LogP) is -0.986. The largest absolute Gasteiger partial charge is 0.382 e. The number of amides is 1. The molecule has 0 unspecified atom stereocenters. The first-order valence-electron chi connectivity index (χ1n) is 3.19. The summed E-state index contributed by atoms with van der Waals surface area (Å²) in [5.41, 5.74) is -0.442. The van der Waals surface area contributed by atoms with Crippen molar-refractivity contribution < 1.29 is 9.59 Å². The molecule has 1 amide bonds. The van der Waals surface area contributed by atoms with E-state index in [0.717, 1.165) is 0 Å². The average Bonchev–Trinajstić information content (AvgIpc) is 2.00. The van der Waals surface area contributed by atoms with Crippen LogP contribution in [0.5, 0.6) is 0 Å². The smallest absolute Gasteiger partial charge is 0.237 e. The van der Waals surface area contributed by atoms with Gasteiger partial charge in [0, 0.05) is 6.92 Å². The molecular weight excluding hydrogens is 151 g/mol. The Labute approximate surface area is 75.4 Å². The van der Waals surface area contributed by atoms with Crippen LogP contribution in [-0.4, -0.2) is 40.2 Å². The molecule has 0 aromatic carbocycles. The van der Waals surface area contributed by atoms with E-state index in [0.29, 0.717) is 4.81 Å². The molecule has 0 aromatic rings. The van der Waals surface area contributed by atoms with Gasteiger partial charge in [0.2, 0.25) is 13.9 Å². The van der Waals surface area contributed by atoms with Crippen LogP contribution in [0.25, 0.3) is 0 Å². The van der Waals surface area contributed by atoms with E-state index < -0.39 is 11.7 Å². The minimum Gasteiger partial charge on any atom is -0.382 e. The standard InChI is InChI=1S/C6H6B3NO2/c1-3(11)5(7)6(8)10(9)4(2)12/h1-2H3/b6-5+. The monoisotopic (exact) mass is 157 g/mol. The van der Waals surface area contributed by atoms with Crippen LogP contribution < -0.4 is 0 Å². The third kappa shape index (κ3) is 2.60. The molecule has 0 spiro atoms. The van der Waals surface area contributed by atoms with Gasteiger partial charge in [0.1, 0.15) is 21.5 Å². The molecule has 56 valence electrons. The molecule has 0 aliphatic rings. The van der Waals surface area contributed by atoms with Crippen molar-refractivity contribution in [2.24, 2.45) is 0 Å². The van der Waals surface area contributed by atoms with Crippen LogP contribution in [0.4, 0.5) is 0 Å². The van der Waals surface area contributed by atoms with Crippen LogP contribution in [-0.2, 0) is 9.59 Å². The van der Waals surface area contributed by atoms with Crippen molar-refractivity contribution in [1.29, 1.82) is 0 Å². The van der Waals surface area contributed by atoms with Gasteiger partial charge < -0.3 is 4.81 Å². The number of carbonyl (C=O) groups excluding carboxylic acids is 2. The Kier molecular flexibility index (Phi) is 3.87. The molecule has 0 aromatic heterocycles. The minimum absolute atomic E-state index is 0.215. The van der Waals surface area contributed by atoms with Crippen molar-refractivity contribution in [3.05, 3.63) is 11.1 Å². The van der Waals surface area contributed by atoms with E-state index in [4.69, 9.17) is 23.7 Å². The van der Waals surface area contributed by atoms with Crippen LogP contribution in [0, 0.1) is 0 Å². The molecule has 0 bridgehead atoms. The summed E-state index contributed by atoms with van der Waals surface area (Å²) in [5, 5.41) is 0. The maximum Gasteiger partial charge on any atom is 0.237 e. The van der Waals surface area contributed by atoms with E-state index in [1.807, 2.05) is 0 Å². The number of allylic oxidation sites excluding steroid dienone is 1. The van der Waals surface area contributed by atoms with Gasteiger partial charge in [-0.15, -0.1) is 0 Å². The number of ketones is 1. The lowest BCUT2D eigenvalue weighted by Crippen LogP contribution is -2.27. The molecule has 0 aliphatic carbocycles. The third-order valence-corrected chi connectivity index (χ3v) is 1.25. The summed E-state index contributed by atoms with van der Waals surface area (Å²) in [5.74, 6) is -0.916. The lowest BCUT2D eigenvalue weighted by atomic mass is 9.81. The van der Waals surface area contributed by atoms with Crippen molar-refractivity contribution in [3.63, 3.8) is 0 Å². The summed E-state index contributed by atoms with van der Waals surface area (Å²) >= 11 is 0. The lowest BCUT2D eigenvalue weighted by Gasteiger charge is -2.19. The molecule has 0 saturated heterocycles. The quantitative estimate of drug-likeness (QED) is 0.381. The first kappa shape index (κ1) is 11.1. The van der Waals surface area contributed by atoms with E-state index in [1.54, 1.807) is 0 Å². The van der Waals surface area contributed by atoms with Crippen LogP contribution in [0.3, 0.4) is 0 Å². The highest BCUT2D eigenvalue weighted by Crippen LogP contribution is 2.02. The molecule has 3 nitrogen and oxygen atoms in total. The molecule has 0 saturated carbocycles. The number of hydrogen-bond donors (Lipinski definition) is 0. The van der Waals surface area contributed by atoms with Crippen LogP contribution in [0.15, 0.2) is 11.1 Å². The van der Waals surface area contributed by atoms with Crippen LogP contribution in [0.1, 0.15) is 13.8 Å². The fraction of sp³-hybridized carbons (Fsp3) is 0.333. The second kappa shape index (κ2) is 4.19. The van der Waals surface area contributed by atoms with Gasteiger partial charge in [-0.05, 0) is 12.4 Å². The molecule has 6 heteroatoms. The van der Waals surface area contributed by atoms with Crippen molar-refractivity contribution in [2.75, 3.05) is 0 Å². The fourth-order valence-corrected chi connectivity index (χ4v) is 0.480. The van der Waals surface area contributed by atoms with Crippen molar-refractivity contribution >= 4 is 35.4 Å². The van der Waals surface area contributed by atoms with Crippen molar-refractivity contribution in [2.45, 2.75) is 13.8 Å². The van der Waals surface area contributed by atoms with Gasteiger partial charge in [-0.2, -0.15) is 0 Å². The maximum atomic E-state index is 10.7. The number of carbonyl (C=O) groups is 2. The first-order chi connectivity index (χ1) is 5.37. The van der Waals surface area contributed by atoms with Gasteiger partial charge in [0.15, 0.2) is 0 Å². The van der Waals surface area contributed by atoms with Crippen LogP contribution in [0.2, 0.25) is 0 Å². The third-order valence-electron chi connectivity index (χ3n) is 1.25. The van der Waals surface area contributed by atoms with Gasteiger partial charge in [-0.25, -0.2) is 0 Å². The zero-order chi connectivity index (χ0) is 9.89. The number of Topliss-reactive ketones (excluding diaryl/α,β-unsaturated/α-hetero) is 1. The Bertz CT molecular complexity index is 249. The molecule has 0 heterocycles. The van der Waals surface area contributed by atoms with E-state index in [1.165, 1.54) is 13.8 Å². The number of rotatable bonds is 2. The Balaban J connectivity index is 4.78. The maximum absolute atomic E-state index is 10.7. The van der Waals surface area contributed by atoms with Gasteiger partial charge in [0.05, 0.1) is 0 Å². The minimum atomic E-state index is -0.489. The summed E-state index contributed by atoms with van der Waals surface area (Å²) in [6.07, 6.45) is 0. The molecule has 0 N–H and O–H groups in total. The fourth-order valence-electron chi connectivity index (χ4n) is 0.480. The average molecular weight is 157 g/mol. The van der Waals surface area contributed by atoms with Crippen LogP contribution >= 0.6 is 0 Å². The Hall–Kier alpha value is -0.925. The molecule has 0 aliphatic heterocycles. The molecule has 0 rings (SSSR count). The summed E-state index contributed by atoms with van der Waals surface area (Å²) in [6.45, 7) is 2.44. The SMILES string of the molecule is [B]/C(C(C)=O)=C(\[B])N([B])C(C)=O. The van der Waals surface area contributed by atoms with Gasteiger partial charge in [-0.1, -0.05) is 5.60 Å². The first-order valence-corrected chi connectivity index (χ1v) is 3.19. The summed E-state index contributed by atoms with van der Waals surface area (Å²) in [4.78, 5) is 21.9. The highest BCUT2D eigenvalue weighted by Gasteiger charge is 2.07. The van der Waals surface area contributed by atoms with Gasteiger partial charge >= 0.3 is 0 Å². The second-order valence-corrected chi connectivity index (χ2v) is 2.24. The van der Waals surface area contributed by atoms with E-state index in [9.17, 15) is 9.59 Å². The van der Waals surface area contributed by atoms with Gasteiger partial charge in [-0.3, -0.25) is 9.59 Å². The van der Waals surface area contributed by atoms with Gasteiger partial charge in [0.25, 0.3) is 0 Å². The summed E-state index contributed by atoms with van der Waals surface area (Å²) < 4.78 is 0. The Morgan fingerprint density at radius 2 is 1.58 bits per heavy atom. The number of hydrogen-bond acceptors (Lipinski definition) is 2. The Morgan fingerprint density at radius 3 is 1.83 bits per heavy atom. The number of nitrogens with zero attached hydrogens (tertiary/aromatic N) is 1.